The van der Waals surface area contributed by atoms with Gasteiger partial charge < -0.3 is 4.74 Å². The zero-order valence-electron chi connectivity index (χ0n) is 18.2. The summed E-state index contributed by atoms with van der Waals surface area (Å²) in [6.45, 7) is 1.46. The zero-order valence-corrected chi connectivity index (χ0v) is 19.0. The molecule has 0 aromatic heterocycles. The molecule has 0 spiro atoms. The Kier molecular flexibility index (Phi) is 6.47. The predicted octanol–water partition coefficient (Wildman–Crippen LogP) is 4.21. The number of esters is 1. The van der Waals surface area contributed by atoms with E-state index in [4.69, 9.17) is 16.3 Å². The lowest BCUT2D eigenvalue weighted by Gasteiger charge is -2.25. The van der Waals surface area contributed by atoms with Crippen LogP contribution in [-0.4, -0.2) is 35.1 Å². The lowest BCUT2D eigenvalue weighted by atomic mass is 9.76. The number of hydrogen-bond acceptors (Lipinski definition) is 7. The van der Waals surface area contributed by atoms with Crippen molar-refractivity contribution < 1.29 is 28.8 Å². The van der Waals surface area contributed by atoms with E-state index in [-0.39, 0.29) is 39.8 Å². The van der Waals surface area contributed by atoms with Gasteiger partial charge in [-0.25, -0.2) is 4.79 Å². The van der Waals surface area contributed by atoms with Crippen molar-refractivity contribution >= 4 is 46.5 Å². The highest BCUT2D eigenvalue weighted by molar-refractivity contribution is 6.32. The third kappa shape index (κ3) is 4.43. The number of halogens is 1. The number of imide groups is 1. The molecular formula is C24H21ClN2O7. The van der Waals surface area contributed by atoms with Crippen molar-refractivity contribution in [1.82, 2.24) is 0 Å². The van der Waals surface area contributed by atoms with Crippen LogP contribution in [0, 0.1) is 27.9 Å². The number of nitrogens with zero attached hydrogens (tertiary/aromatic N) is 2. The number of Topliss-reactive ketones (excluding diaryl/α,β-unsaturated/α-hetero) is 1. The first-order valence-electron chi connectivity index (χ1n) is 10.8. The van der Waals surface area contributed by atoms with Gasteiger partial charge in [0.2, 0.25) is 17.6 Å². The number of anilines is 1. The molecule has 2 fully saturated rings. The van der Waals surface area contributed by atoms with Gasteiger partial charge in [-0.05, 0) is 61.6 Å². The Hall–Kier alpha value is -3.59. The first-order valence-corrected chi connectivity index (χ1v) is 11.2. The highest BCUT2D eigenvalue weighted by atomic mass is 35.5. The van der Waals surface area contributed by atoms with Crippen LogP contribution in [0.2, 0.25) is 5.02 Å². The SMILES string of the molecule is C[C@@H]1CC[C@@H]2C(=O)N(c3ccc(C(=O)OCC(=O)c4ccc(Cl)c([N+](=O)[O-])c4)cc3)C(=O)[C@H]2C1. The van der Waals surface area contributed by atoms with Gasteiger partial charge in [0, 0.05) is 11.6 Å². The summed E-state index contributed by atoms with van der Waals surface area (Å²) in [5, 5.41) is 10.9. The summed E-state index contributed by atoms with van der Waals surface area (Å²) >= 11 is 5.74. The third-order valence-corrected chi connectivity index (χ3v) is 6.67. The summed E-state index contributed by atoms with van der Waals surface area (Å²) in [5.74, 6) is -2.02. The lowest BCUT2D eigenvalue weighted by Crippen LogP contribution is -2.30. The second-order valence-electron chi connectivity index (χ2n) is 8.61. The normalized spacial score (nSPS) is 21.8. The number of hydrogen-bond donors (Lipinski definition) is 0. The summed E-state index contributed by atoms with van der Waals surface area (Å²) in [7, 11) is 0. The van der Waals surface area contributed by atoms with Crippen LogP contribution >= 0.6 is 11.6 Å². The van der Waals surface area contributed by atoms with E-state index in [1.54, 1.807) is 0 Å². The van der Waals surface area contributed by atoms with Crippen molar-refractivity contribution in [3.63, 3.8) is 0 Å². The molecule has 0 unspecified atom stereocenters. The van der Waals surface area contributed by atoms with Gasteiger partial charge in [-0.3, -0.25) is 29.4 Å². The van der Waals surface area contributed by atoms with E-state index >= 15 is 0 Å². The molecule has 1 saturated carbocycles. The molecule has 0 radical (unpaired) electrons. The molecule has 3 atom stereocenters. The average molecular weight is 485 g/mol. The van der Waals surface area contributed by atoms with Crippen molar-refractivity contribution in [2.75, 3.05) is 11.5 Å². The zero-order chi connectivity index (χ0) is 24.6. The molecule has 1 saturated heterocycles. The number of rotatable bonds is 6. The van der Waals surface area contributed by atoms with Gasteiger partial charge in [0.05, 0.1) is 28.0 Å². The van der Waals surface area contributed by atoms with Gasteiger partial charge in [0.1, 0.15) is 5.02 Å². The highest BCUT2D eigenvalue weighted by Crippen LogP contribution is 2.42. The van der Waals surface area contributed by atoms with Crippen molar-refractivity contribution in [3.8, 4) is 0 Å². The van der Waals surface area contributed by atoms with Crippen LogP contribution in [0.1, 0.15) is 46.9 Å². The molecule has 0 N–H and O–H groups in total. The van der Waals surface area contributed by atoms with E-state index in [0.29, 0.717) is 24.4 Å². The van der Waals surface area contributed by atoms with Gasteiger partial charge in [-0.2, -0.15) is 0 Å². The van der Waals surface area contributed by atoms with Crippen LogP contribution in [0.5, 0.6) is 0 Å². The highest BCUT2D eigenvalue weighted by Gasteiger charge is 2.49. The van der Waals surface area contributed by atoms with Crippen LogP contribution < -0.4 is 4.90 Å². The second kappa shape index (κ2) is 9.34. The molecular weight excluding hydrogens is 464 g/mol. The van der Waals surface area contributed by atoms with Crippen molar-refractivity contribution in [1.29, 1.82) is 0 Å². The summed E-state index contributed by atoms with van der Waals surface area (Å²) in [5.41, 5.74) is 0.0813. The number of nitro benzene ring substituents is 1. The molecule has 9 nitrogen and oxygen atoms in total. The molecule has 2 aliphatic rings. The van der Waals surface area contributed by atoms with Crippen LogP contribution in [0.25, 0.3) is 0 Å². The Balaban J connectivity index is 1.40. The molecule has 1 aliphatic carbocycles. The van der Waals surface area contributed by atoms with E-state index in [1.165, 1.54) is 41.3 Å². The van der Waals surface area contributed by atoms with Gasteiger partial charge in [0.25, 0.3) is 5.69 Å². The smallest absolute Gasteiger partial charge is 0.338 e. The fourth-order valence-corrected chi connectivity index (χ4v) is 4.70. The number of fused-ring (bicyclic) bond motifs is 1. The Bertz CT molecular complexity index is 1190. The van der Waals surface area contributed by atoms with E-state index < -0.39 is 29.0 Å². The topological polar surface area (TPSA) is 124 Å². The molecule has 1 aliphatic heterocycles. The molecule has 34 heavy (non-hydrogen) atoms. The Labute approximate surface area is 199 Å². The molecule has 2 aromatic carbocycles. The van der Waals surface area contributed by atoms with Crippen LogP contribution in [0.15, 0.2) is 42.5 Å². The molecule has 4 rings (SSSR count). The summed E-state index contributed by atoms with van der Waals surface area (Å²) in [6.07, 6.45) is 2.31. The summed E-state index contributed by atoms with van der Waals surface area (Å²) in [6, 6.07) is 9.39. The summed E-state index contributed by atoms with van der Waals surface area (Å²) < 4.78 is 5.03. The van der Waals surface area contributed by atoms with E-state index in [0.717, 1.165) is 12.5 Å². The Morgan fingerprint density at radius 1 is 1.06 bits per heavy atom. The lowest BCUT2D eigenvalue weighted by molar-refractivity contribution is -0.384. The number of benzene rings is 2. The molecule has 10 heteroatoms. The van der Waals surface area contributed by atoms with E-state index in [2.05, 4.69) is 6.92 Å². The van der Waals surface area contributed by atoms with Crippen LogP contribution in [-0.2, 0) is 14.3 Å². The van der Waals surface area contributed by atoms with Crippen molar-refractivity contribution in [2.45, 2.75) is 26.2 Å². The molecule has 2 aromatic rings. The molecule has 1 heterocycles. The Morgan fingerprint density at radius 2 is 1.71 bits per heavy atom. The predicted molar refractivity (Wildman–Crippen MR) is 122 cm³/mol. The first-order chi connectivity index (χ1) is 16.2. The largest absolute Gasteiger partial charge is 0.454 e. The number of amides is 2. The number of carbonyl (C=O) groups is 4. The molecule has 0 bridgehead atoms. The first kappa shape index (κ1) is 23.6. The second-order valence-corrected chi connectivity index (χ2v) is 9.02. The van der Waals surface area contributed by atoms with Crippen molar-refractivity contribution in [2.24, 2.45) is 17.8 Å². The van der Waals surface area contributed by atoms with Gasteiger partial charge in [0.15, 0.2) is 6.61 Å². The minimum Gasteiger partial charge on any atom is -0.454 e. The van der Waals surface area contributed by atoms with E-state index in [1.807, 2.05) is 0 Å². The fraction of sp³-hybridized carbons (Fsp3) is 0.333. The maximum absolute atomic E-state index is 12.8. The van der Waals surface area contributed by atoms with Crippen molar-refractivity contribution in [3.05, 3.63) is 68.7 Å². The van der Waals surface area contributed by atoms with Gasteiger partial charge >= 0.3 is 5.97 Å². The molecule has 176 valence electrons. The third-order valence-electron chi connectivity index (χ3n) is 6.35. The number of ether oxygens (including phenoxy) is 1. The van der Waals surface area contributed by atoms with E-state index in [9.17, 15) is 29.3 Å². The summed E-state index contributed by atoms with van der Waals surface area (Å²) in [4.78, 5) is 61.8. The fourth-order valence-electron chi connectivity index (χ4n) is 4.51. The average Bonchev–Trinajstić information content (AvgIpc) is 3.06. The number of carbonyl (C=O) groups excluding carboxylic acids is 4. The van der Waals surface area contributed by atoms with Gasteiger partial charge in [-0.15, -0.1) is 0 Å². The maximum atomic E-state index is 12.8. The van der Waals surface area contributed by atoms with Crippen LogP contribution in [0.4, 0.5) is 11.4 Å². The number of nitro groups is 1. The minimum atomic E-state index is -0.787. The maximum Gasteiger partial charge on any atom is 0.338 e. The number of ketones is 1. The quantitative estimate of drug-likeness (QED) is 0.198. The standard InChI is InChI=1S/C24H21ClN2O7/c1-13-2-8-17-18(10-13)23(30)26(22(17)29)16-6-3-14(4-7-16)24(31)34-12-21(28)15-5-9-19(25)20(11-15)27(32)33/h3-7,9,11,13,17-18H,2,8,10,12H2,1H3/t13-,17+,18+/m1/s1. The Morgan fingerprint density at radius 3 is 2.38 bits per heavy atom. The van der Waals surface area contributed by atoms with Gasteiger partial charge in [-0.1, -0.05) is 18.5 Å². The monoisotopic (exact) mass is 484 g/mol. The molecule has 2 amide bonds. The minimum absolute atomic E-state index is 0.0129. The van der Waals surface area contributed by atoms with Crippen LogP contribution in [0.3, 0.4) is 0 Å².